The Morgan fingerprint density at radius 1 is 1.24 bits per heavy atom. The molecule has 1 amide bonds. The van der Waals surface area contributed by atoms with Crippen molar-refractivity contribution in [1.29, 1.82) is 0 Å². The number of rotatable bonds is 6. The summed E-state index contributed by atoms with van der Waals surface area (Å²) in [4.78, 5) is 12.4. The molecule has 0 aliphatic heterocycles. The van der Waals surface area contributed by atoms with Crippen LogP contribution < -0.4 is 14.8 Å². The molecular weight excluding hydrogens is 266 g/mol. The van der Waals surface area contributed by atoms with Crippen molar-refractivity contribution < 1.29 is 14.3 Å². The molecule has 0 aromatic heterocycles. The van der Waals surface area contributed by atoms with Gasteiger partial charge in [-0.1, -0.05) is 38.3 Å². The van der Waals surface area contributed by atoms with Crippen molar-refractivity contribution in [2.24, 2.45) is 0 Å². The van der Waals surface area contributed by atoms with Crippen LogP contribution >= 0.6 is 0 Å². The number of carbonyl (C=O) groups is 1. The summed E-state index contributed by atoms with van der Waals surface area (Å²) in [5.74, 6) is 1.25. The summed E-state index contributed by atoms with van der Waals surface area (Å²) in [5, 5.41) is 3.12. The molecule has 2 rings (SSSR count). The molecule has 0 saturated heterocycles. The molecule has 4 nitrogen and oxygen atoms in total. The monoisotopic (exact) mass is 291 g/mol. The minimum Gasteiger partial charge on any atom is -0.493 e. The zero-order chi connectivity index (χ0) is 15.1. The van der Waals surface area contributed by atoms with Gasteiger partial charge in [0.15, 0.2) is 17.6 Å². The van der Waals surface area contributed by atoms with E-state index in [2.05, 4.69) is 5.32 Å². The summed E-state index contributed by atoms with van der Waals surface area (Å²) in [6, 6.07) is 7.73. The number of carbonyl (C=O) groups excluding carboxylic acids is 1. The van der Waals surface area contributed by atoms with Gasteiger partial charge in [-0.15, -0.1) is 0 Å². The van der Waals surface area contributed by atoms with Gasteiger partial charge in [-0.3, -0.25) is 4.79 Å². The smallest absolute Gasteiger partial charge is 0.261 e. The van der Waals surface area contributed by atoms with Gasteiger partial charge in [-0.25, -0.2) is 0 Å². The zero-order valence-electron chi connectivity index (χ0n) is 12.9. The summed E-state index contributed by atoms with van der Waals surface area (Å²) in [6.45, 7) is 1.96. The first kappa shape index (κ1) is 15.7. The fourth-order valence-corrected chi connectivity index (χ4v) is 2.73. The number of nitrogens with one attached hydrogen (secondary N) is 1. The van der Waals surface area contributed by atoms with Crippen molar-refractivity contribution >= 4 is 5.91 Å². The number of methoxy groups -OCH3 is 1. The molecule has 1 saturated carbocycles. The van der Waals surface area contributed by atoms with E-state index in [4.69, 9.17) is 9.47 Å². The molecule has 0 unspecified atom stereocenters. The van der Waals surface area contributed by atoms with E-state index in [1.165, 1.54) is 19.3 Å². The summed E-state index contributed by atoms with van der Waals surface area (Å²) in [6.07, 6.45) is 6.01. The van der Waals surface area contributed by atoms with Gasteiger partial charge in [0, 0.05) is 6.04 Å². The molecule has 0 bridgehead atoms. The zero-order valence-corrected chi connectivity index (χ0v) is 12.9. The van der Waals surface area contributed by atoms with E-state index in [0.29, 0.717) is 24.0 Å². The van der Waals surface area contributed by atoms with Gasteiger partial charge in [0.25, 0.3) is 5.91 Å². The number of benzene rings is 1. The lowest BCUT2D eigenvalue weighted by atomic mass is 9.95. The Morgan fingerprint density at radius 2 is 1.90 bits per heavy atom. The molecule has 1 N–H and O–H groups in total. The third-order valence-electron chi connectivity index (χ3n) is 3.95. The molecule has 1 atom stereocenters. The van der Waals surface area contributed by atoms with Gasteiger partial charge in [0.2, 0.25) is 0 Å². The SMILES string of the molecule is CC[C@H](Oc1ccccc1OC)C(=O)NC1CCCCC1. The van der Waals surface area contributed by atoms with Crippen LogP contribution in [0.5, 0.6) is 11.5 Å². The lowest BCUT2D eigenvalue weighted by molar-refractivity contribution is -0.129. The second-order valence-electron chi connectivity index (χ2n) is 5.51. The van der Waals surface area contributed by atoms with Gasteiger partial charge < -0.3 is 14.8 Å². The Hall–Kier alpha value is -1.71. The highest BCUT2D eigenvalue weighted by Crippen LogP contribution is 2.27. The first-order valence-electron chi connectivity index (χ1n) is 7.84. The Labute approximate surface area is 126 Å². The normalized spacial score (nSPS) is 17.0. The molecule has 0 spiro atoms. The third kappa shape index (κ3) is 4.38. The van der Waals surface area contributed by atoms with E-state index in [1.54, 1.807) is 7.11 Å². The third-order valence-corrected chi connectivity index (χ3v) is 3.95. The Bertz CT molecular complexity index is 455. The fraction of sp³-hybridized carbons (Fsp3) is 0.588. The maximum atomic E-state index is 12.4. The van der Waals surface area contributed by atoms with E-state index >= 15 is 0 Å². The Morgan fingerprint density at radius 3 is 2.52 bits per heavy atom. The summed E-state index contributed by atoms with van der Waals surface area (Å²) >= 11 is 0. The van der Waals surface area contributed by atoms with Gasteiger partial charge >= 0.3 is 0 Å². The van der Waals surface area contributed by atoms with E-state index < -0.39 is 6.10 Å². The molecule has 21 heavy (non-hydrogen) atoms. The average molecular weight is 291 g/mol. The summed E-state index contributed by atoms with van der Waals surface area (Å²) < 4.78 is 11.1. The van der Waals surface area contributed by atoms with E-state index in [9.17, 15) is 4.79 Å². The quantitative estimate of drug-likeness (QED) is 0.874. The second-order valence-corrected chi connectivity index (χ2v) is 5.51. The summed E-state index contributed by atoms with van der Waals surface area (Å²) in [5.41, 5.74) is 0. The van der Waals surface area contributed by atoms with Crippen molar-refractivity contribution in [1.82, 2.24) is 5.32 Å². The van der Waals surface area contributed by atoms with E-state index in [1.807, 2.05) is 31.2 Å². The molecule has 1 fully saturated rings. The maximum absolute atomic E-state index is 12.4. The Balaban J connectivity index is 1.96. The van der Waals surface area contributed by atoms with Crippen LogP contribution in [0.25, 0.3) is 0 Å². The number of hydrogen-bond donors (Lipinski definition) is 1. The molecule has 0 radical (unpaired) electrons. The molecular formula is C17H25NO3. The minimum atomic E-state index is -0.469. The highest BCUT2D eigenvalue weighted by atomic mass is 16.5. The van der Waals surface area contributed by atoms with Crippen molar-refractivity contribution in [3.63, 3.8) is 0 Å². The van der Waals surface area contributed by atoms with Crippen LogP contribution in [0.15, 0.2) is 24.3 Å². The van der Waals surface area contributed by atoms with E-state index in [-0.39, 0.29) is 5.91 Å². The van der Waals surface area contributed by atoms with Crippen LogP contribution in [-0.2, 0) is 4.79 Å². The van der Waals surface area contributed by atoms with E-state index in [0.717, 1.165) is 12.8 Å². The highest BCUT2D eigenvalue weighted by molar-refractivity contribution is 5.81. The molecule has 116 valence electrons. The minimum absolute atomic E-state index is 0.0182. The van der Waals surface area contributed by atoms with Crippen LogP contribution in [0.2, 0.25) is 0 Å². The van der Waals surface area contributed by atoms with Gasteiger partial charge in [0.05, 0.1) is 7.11 Å². The van der Waals surface area contributed by atoms with Crippen LogP contribution in [-0.4, -0.2) is 25.2 Å². The largest absolute Gasteiger partial charge is 0.493 e. The second kappa shape index (κ2) is 7.91. The standard InChI is InChI=1S/C17H25NO3/c1-3-14(17(19)18-13-9-5-4-6-10-13)21-16-12-8-7-11-15(16)20-2/h7-8,11-14H,3-6,9-10H2,1-2H3,(H,18,19)/t14-/m0/s1. The number of ether oxygens (including phenoxy) is 2. The Kier molecular flexibility index (Phi) is 5.90. The average Bonchev–Trinajstić information content (AvgIpc) is 2.53. The van der Waals surface area contributed by atoms with Crippen molar-refractivity contribution in [2.75, 3.05) is 7.11 Å². The molecule has 0 heterocycles. The summed E-state index contributed by atoms with van der Waals surface area (Å²) in [7, 11) is 1.60. The van der Waals surface area contributed by atoms with Gasteiger partial charge in [-0.2, -0.15) is 0 Å². The van der Waals surface area contributed by atoms with Crippen molar-refractivity contribution in [3.8, 4) is 11.5 Å². The maximum Gasteiger partial charge on any atom is 0.261 e. The fourth-order valence-electron chi connectivity index (χ4n) is 2.73. The molecule has 1 aliphatic rings. The molecule has 1 aromatic carbocycles. The van der Waals surface area contributed by atoms with Crippen LogP contribution in [0.3, 0.4) is 0 Å². The molecule has 1 aliphatic carbocycles. The lowest BCUT2D eigenvalue weighted by Crippen LogP contribution is -2.44. The van der Waals surface area contributed by atoms with Gasteiger partial charge in [-0.05, 0) is 31.4 Å². The van der Waals surface area contributed by atoms with Crippen LogP contribution in [0.4, 0.5) is 0 Å². The first-order valence-corrected chi connectivity index (χ1v) is 7.84. The number of para-hydroxylation sites is 2. The van der Waals surface area contributed by atoms with Crippen LogP contribution in [0.1, 0.15) is 45.4 Å². The predicted octanol–water partition coefficient (Wildman–Crippen LogP) is 3.30. The van der Waals surface area contributed by atoms with Crippen LogP contribution in [0, 0.1) is 0 Å². The van der Waals surface area contributed by atoms with Crippen molar-refractivity contribution in [2.45, 2.75) is 57.6 Å². The highest BCUT2D eigenvalue weighted by Gasteiger charge is 2.23. The number of amides is 1. The predicted molar refractivity (Wildman–Crippen MR) is 82.7 cm³/mol. The lowest BCUT2D eigenvalue weighted by Gasteiger charge is -2.25. The molecule has 4 heteroatoms. The topological polar surface area (TPSA) is 47.6 Å². The first-order chi connectivity index (χ1) is 10.2. The molecule has 1 aromatic rings. The number of hydrogen-bond acceptors (Lipinski definition) is 3. The van der Waals surface area contributed by atoms with Gasteiger partial charge in [0.1, 0.15) is 0 Å². The van der Waals surface area contributed by atoms with Crippen molar-refractivity contribution in [3.05, 3.63) is 24.3 Å².